The van der Waals surface area contributed by atoms with Crippen molar-refractivity contribution in [3.63, 3.8) is 0 Å². The van der Waals surface area contributed by atoms with Crippen LogP contribution < -0.4 is 0 Å². The van der Waals surface area contributed by atoms with Crippen LogP contribution in [0, 0.1) is 0 Å². The summed E-state index contributed by atoms with van der Waals surface area (Å²) in [6, 6.07) is 34.4. The molecule has 0 radical (unpaired) electrons. The first kappa shape index (κ1) is 17.4. The quantitative estimate of drug-likeness (QED) is 0.231. The summed E-state index contributed by atoms with van der Waals surface area (Å²) in [5, 5.41) is 2.85. The van der Waals surface area contributed by atoms with Crippen molar-refractivity contribution >= 4 is 21.8 Å². The second-order valence-electron chi connectivity index (χ2n) is 10.1. The molecule has 6 aromatic rings. The zero-order valence-corrected chi connectivity index (χ0v) is 18.7. The standard InChI is InChI=1S/C33H21N/c1-3-9-24-19(6-1)14-22-16-23-17-29-25(28(23)18-27(22)24)12-13-31-32(29)26-10-5-8-21-15-20-7-2-4-11-30(20)34(31)33(21)26/h1-13,16,18H,14-15,17H2. The van der Waals surface area contributed by atoms with E-state index in [0.29, 0.717) is 0 Å². The molecule has 3 aliphatic rings. The van der Waals surface area contributed by atoms with Crippen molar-refractivity contribution in [2.45, 2.75) is 19.3 Å². The molecule has 0 N–H and O–H groups in total. The van der Waals surface area contributed by atoms with Gasteiger partial charge in [0.1, 0.15) is 0 Å². The normalized spacial score (nSPS) is 14.1. The van der Waals surface area contributed by atoms with E-state index < -0.39 is 0 Å². The molecule has 0 amide bonds. The van der Waals surface area contributed by atoms with Gasteiger partial charge in [0.2, 0.25) is 0 Å². The van der Waals surface area contributed by atoms with Gasteiger partial charge in [-0.05, 0) is 86.7 Å². The molecule has 0 saturated carbocycles. The molecule has 2 aliphatic carbocycles. The van der Waals surface area contributed by atoms with Gasteiger partial charge in [-0.2, -0.15) is 0 Å². The van der Waals surface area contributed by atoms with Crippen molar-refractivity contribution in [3.05, 3.63) is 124 Å². The van der Waals surface area contributed by atoms with Crippen LogP contribution >= 0.6 is 0 Å². The minimum atomic E-state index is 1.01. The molecule has 0 spiro atoms. The summed E-state index contributed by atoms with van der Waals surface area (Å²) in [7, 11) is 0. The Kier molecular flexibility index (Phi) is 3.00. The third-order valence-electron chi connectivity index (χ3n) is 8.43. The molecule has 2 heterocycles. The van der Waals surface area contributed by atoms with Crippen LogP contribution in [-0.4, -0.2) is 4.57 Å². The second kappa shape index (κ2) is 5.87. The third-order valence-corrected chi connectivity index (χ3v) is 8.43. The smallest absolute Gasteiger partial charge is 0.0576 e. The van der Waals surface area contributed by atoms with Gasteiger partial charge in [-0.3, -0.25) is 0 Å². The molecule has 0 atom stereocenters. The SMILES string of the molecule is c1ccc2c(c1)Cc1cc3c(cc1-2)-c1ccc2c(c1C3)c1cccc3c1n2-c1ccccc1C3. The predicted octanol–water partition coefficient (Wildman–Crippen LogP) is 7.83. The Balaban J connectivity index is 1.36. The van der Waals surface area contributed by atoms with E-state index in [0.717, 1.165) is 19.3 Å². The Hall–Kier alpha value is -4.10. The van der Waals surface area contributed by atoms with E-state index >= 15 is 0 Å². The predicted molar refractivity (Wildman–Crippen MR) is 140 cm³/mol. The zero-order valence-electron chi connectivity index (χ0n) is 18.7. The highest BCUT2D eigenvalue weighted by Gasteiger charge is 2.29. The van der Waals surface area contributed by atoms with Crippen molar-refractivity contribution in [2.24, 2.45) is 0 Å². The number of aromatic nitrogens is 1. The van der Waals surface area contributed by atoms with E-state index in [-0.39, 0.29) is 0 Å². The summed E-state index contributed by atoms with van der Waals surface area (Å²) >= 11 is 0. The molecule has 0 unspecified atom stereocenters. The van der Waals surface area contributed by atoms with Crippen molar-refractivity contribution in [3.8, 4) is 27.9 Å². The van der Waals surface area contributed by atoms with E-state index in [9.17, 15) is 0 Å². The van der Waals surface area contributed by atoms with E-state index in [1.54, 1.807) is 0 Å². The number of benzene rings is 5. The van der Waals surface area contributed by atoms with E-state index in [1.807, 2.05) is 0 Å². The van der Waals surface area contributed by atoms with E-state index in [4.69, 9.17) is 0 Å². The highest BCUT2D eigenvalue weighted by Crippen LogP contribution is 2.49. The fraction of sp³-hybridized carbons (Fsp3) is 0.0909. The van der Waals surface area contributed by atoms with Crippen LogP contribution in [0.15, 0.2) is 91.0 Å². The molecule has 1 nitrogen and oxygen atoms in total. The van der Waals surface area contributed by atoms with Crippen LogP contribution in [0.5, 0.6) is 0 Å². The Morgan fingerprint density at radius 2 is 1.26 bits per heavy atom. The maximum atomic E-state index is 2.53. The topological polar surface area (TPSA) is 4.93 Å². The highest BCUT2D eigenvalue weighted by atomic mass is 15.0. The molecule has 1 heteroatoms. The highest BCUT2D eigenvalue weighted by molar-refractivity contribution is 6.15. The molecular formula is C33H21N. The first-order valence-electron chi connectivity index (χ1n) is 12.3. The lowest BCUT2D eigenvalue weighted by Gasteiger charge is -2.20. The number of hydrogen-bond donors (Lipinski definition) is 0. The monoisotopic (exact) mass is 431 g/mol. The number of hydrogen-bond acceptors (Lipinski definition) is 0. The lowest BCUT2D eigenvalue weighted by atomic mass is 9.96. The van der Waals surface area contributed by atoms with Crippen LogP contribution in [0.1, 0.15) is 33.4 Å². The van der Waals surface area contributed by atoms with E-state index in [2.05, 4.69) is 95.6 Å². The number of para-hydroxylation sites is 2. The molecule has 158 valence electrons. The molecule has 0 bridgehead atoms. The largest absolute Gasteiger partial charge is 0.309 e. The van der Waals surface area contributed by atoms with Crippen LogP contribution in [0.4, 0.5) is 0 Å². The summed E-state index contributed by atoms with van der Waals surface area (Å²) in [6.07, 6.45) is 3.10. The van der Waals surface area contributed by atoms with Gasteiger partial charge < -0.3 is 4.57 Å². The maximum Gasteiger partial charge on any atom is 0.0576 e. The molecule has 0 saturated heterocycles. The minimum Gasteiger partial charge on any atom is -0.309 e. The fourth-order valence-corrected chi connectivity index (χ4v) is 7.03. The Morgan fingerprint density at radius 3 is 2.24 bits per heavy atom. The van der Waals surface area contributed by atoms with Gasteiger partial charge in [-0.1, -0.05) is 72.8 Å². The first-order valence-corrected chi connectivity index (χ1v) is 12.3. The number of fused-ring (bicyclic) bond motifs is 12. The Morgan fingerprint density at radius 1 is 0.500 bits per heavy atom. The summed E-state index contributed by atoms with van der Waals surface area (Å²) in [6.45, 7) is 0. The van der Waals surface area contributed by atoms with Gasteiger partial charge in [0, 0.05) is 22.9 Å². The Bertz CT molecular complexity index is 1880. The summed E-state index contributed by atoms with van der Waals surface area (Å²) in [5.74, 6) is 0. The molecule has 34 heavy (non-hydrogen) atoms. The van der Waals surface area contributed by atoms with Crippen molar-refractivity contribution < 1.29 is 0 Å². The lowest BCUT2D eigenvalue weighted by molar-refractivity contribution is 1.04. The lowest BCUT2D eigenvalue weighted by Crippen LogP contribution is -2.07. The van der Waals surface area contributed by atoms with Gasteiger partial charge in [0.05, 0.1) is 11.0 Å². The average Bonchev–Trinajstić information content (AvgIpc) is 3.53. The van der Waals surface area contributed by atoms with Crippen LogP contribution in [-0.2, 0) is 19.3 Å². The van der Waals surface area contributed by atoms with Gasteiger partial charge in [-0.15, -0.1) is 0 Å². The van der Waals surface area contributed by atoms with Crippen LogP contribution in [0.3, 0.4) is 0 Å². The van der Waals surface area contributed by atoms with Crippen molar-refractivity contribution in [1.82, 2.24) is 4.57 Å². The zero-order chi connectivity index (χ0) is 22.0. The molecule has 5 aromatic carbocycles. The first-order chi connectivity index (χ1) is 16.8. The van der Waals surface area contributed by atoms with Gasteiger partial charge in [0.15, 0.2) is 0 Å². The van der Waals surface area contributed by atoms with Crippen LogP contribution in [0.25, 0.3) is 49.7 Å². The van der Waals surface area contributed by atoms with Gasteiger partial charge >= 0.3 is 0 Å². The van der Waals surface area contributed by atoms with Gasteiger partial charge in [0.25, 0.3) is 0 Å². The Labute approximate surface area is 197 Å². The summed E-state index contributed by atoms with van der Waals surface area (Å²) in [5.41, 5.74) is 18.6. The fourth-order valence-electron chi connectivity index (χ4n) is 7.03. The second-order valence-corrected chi connectivity index (χ2v) is 10.1. The molecule has 1 aliphatic heterocycles. The number of rotatable bonds is 0. The molecule has 0 fully saturated rings. The average molecular weight is 432 g/mol. The molecule has 9 rings (SSSR count). The van der Waals surface area contributed by atoms with Crippen molar-refractivity contribution in [1.29, 1.82) is 0 Å². The third kappa shape index (κ3) is 1.98. The molecule has 1 aromatic heterocycles. The van der Waals surface area contributed by atoms with E-state index in [1.165, 1.54) is 83.1 Å². The molecular weight excluding hydrogens is 410 g/mol. The van der Waals surface area contributed by atoms with Crippen LogP contribution in [0.2, 0.25) is 0 Å². The summed E-state index contributed by atoms with van der Waals surface area (Å²) in [4.78, 5) is 0. The van der Waals surface area contributed by atoms with Gasteiger partial charge in [-0.25, -0.2) is 0 Å². The maximum absolute atomic E-state index is 2.53. The number of nitrogens with zero attached hydrogens (tertiary/aromatic N) is 1. The summed E-state index contributed by atoms with van der Waals surface area (Å²) < 4.78 is 2.53. The van der Waals surface area contributed by atoms with Crippen molar-refractivity contribution in [2.75, 3.05) is 0 Å². The minimum absolute atomic E-state index is 1.01.